The average Bonchev–Trinajstić information content (AvgIpc) is 2.95. The summed E-state index contributed by atoms with van der Waals surface area (Å²) in [6.45, 7) is 1.01. The SMILES string of the molecule is O=C(OC[C@H]1CC[C@H](CO)CC1)C1(C(=O)OC[C@H]2CC[C@H](CO)CC2)C=CC(c2ccccc2)=CC1. The lowest BCUT2D eigenvalue weighted by atomic mass is 9.78. The van der Waals surface area contributed by atoms with Crippen molar-refractivity contribution >= 4 is 17.5 Å². The molecule has 196 valence electrons. The van der Waals surface area contributed by atoms with Crippen LogP contribution in [0.5, 0.6) is 0 Å². The molecule has 0 aliphatic heterocycles. The second kappa shape index (κ2) is 12.7. The summed E-state index contributed by atoms with van der Waals surface area (Å²) in [5.41, 5.74) is 0.532. The summed E-state index contributed by atoms with van der Waals surface area (Å²) >= 11 is 0. The minimum atomic E-state index is -1.47. The van der Waals surface area contributed by atoms with Crippen LogP contribution in [-0.2, 0) is 19.1 Å². The number of hydrogen-bond acceptors (Lipinski definition) is 6. The standard InChI is InChI=1S/C30H40O6/c31-18-22-6-10-24(11-7-22)20-35-28(33)30(16-14-27(15-17-30)26-4-2-1-3-5-26)29(34)36-21-25-12-8-23(19-32)9-13-25/h1-5,14-16,22-25,31-32H,6-13,17-21H2/t22-,23-,24-,25-. The molecule has 0 spiro atoms. The van der Waals surface area contributed by atoms with Gasteiger partial charge in [0.25, 0.3) is 0 Å². The molecule has 1 aromatic rings. The summed E-state index contributed by atoms with van der Waals surface area (Å²) in [5.74, 6) is 0.117. The van der Waals surface area contributed by atoms with Gasteiger partial charge in [0.05, 0.1) is 13.2 Å². The Morgan fingerprint density at radius 3 is 1.64 bits per heavy atom. The van der Waals surface area contributed by atoms with E-state index in [1.165, 1.54) is 0 Å². The van der Waals surface area contributed by atoms with Gasteiger partial charge in [-0.05, 0) is 92.6 Å². The van der Waals surface area contributed by atoms with E-state index >= 15 is 0 Å². The van der Waals surface area contributed by atoms with Crippen LogP contribution < -0.4 is 0 Å². The fraction of sp³-hybridized carbons (Fsp3) is 0.600. The van der Waals surface area contributed by atoms with E-state index in [1.54, 1.807) is 6.08 Å². The summed E-state index contributed by atoms with van der Waals surface area (Å²) in [6, 6.07) is 9.89. The lowest BCUT2D eigenvalue weighted by molar-refractivity contribution is -0.170. The van der Waals surface area contributed by atoms with E-state index in [0.29, 0.717) is 25.0 Å². The molecule has 0 atom stereocenters. The number of rotatable bonds is 9. The highest BCUT2D eigenvalue weighted by Gasteiger charge is 2.48. The van der Waals surface area contributed by atoms with Crippen molar-refractivity contribution in [1.82, 2.24) is 0 Å². The minimum Gasteiger partial charge on any atom is -0.464 e. The van der Waals surface area contributed by atoms with Crippen LogP contribution >= 0.6 is 0 Å². The highest BCUT2D eigenvalue weighted by molar-refractivity contribution is 6.04. The van der Waals surface area contributed by atoms with Crippen molar-refractivity contribution in [2.75, 3.05) is 26.4 Å². The lowest BCUT2D eigenvalue weighted by Crippen LogP contribution is -2.42. The van der Waals surface area contributed by atoms with E-state index in [2.05, 4.69) is 0 Å². The number of benzene rings is 1. The Balaban J connectivity index is 1.41. The zero-order valence-electron chi connectivity index (χ0n) is 21.1. The molecule has 2 N–H and O–H groups in total. The van der Waals surface area contributed by atoms with Crippen molar-refractivity contribution in [2.24, 2.45) is 29.1 Å². The molecule has 4 rings (SSSR count). The van der Waals surface area contributed by atoms with E-state index < -0.39 is 17.4 Å². The Kier molecular flexibility index (Phi) is 9.38. The zero-order chi connectivity index (χ0) is 25.4. The topological polar surface area (TPSA) is 93.1 Å². The molecule has 2 saturated carbocycles. The van der Waals surface area contributed by atoms with Crippen molar-refractivity contribution in [1.29, 1.82) is 0 Å². The lowest BCUT2D eigenvalue weighted by Gasteiger charge is -2.32. The fourth-order valence-corrected chi connectivity index (χ4v) is 5.68. The number of hydrogen-bond donors (Lipinski definition) is 2. The monoisotopic (exact) mass is 496 g/mol. The van der Waals surface area contributed by atoms with Crippen molar-refractivity contribution in [3.8, 4) is 0 Å². The molecule has 0 aromatic heterocycles. The Morgan fingerprint density at radius 2 is 1.22 bits per heavy atom. The van der Waals surface area contributed by atoms with Crippen LogP contribution in [0.4, 0.5) is 0 Å². The molecule has 2 fully saturated rings. The third kappa shape index (κ3) is 6.46. The van der Waals surface area contributed by atoms with Crippen LogP contribution in [0.3, 0.4) is 0 Å². The molecule has 6 heteroatoms. The minimum absolute atomic E-state index is 0.208. The molecule has 0 bridgehead atoms. The Hall–Kier alpha value is -2.44. The van der Waals surface area contributed by atoms with E-state index in [4.69, 9.17) is 9.47 Å². The number of carbonyl (C=O) groups excluding carboxylic acids is 2. The fourth-order valence-electron chi connectivity index (χ4n) is 5.68. The van der Waals surface area contributed by atoms with Crippen LogP contribution in [0, 0.1) is 29.1 Å². The number of aliphatic hydroxyl groups excluding tert-OH is 2. The largest absolute Gasteiger partial charge is 0.464 e. The van der Waals surface area contributed by atoms with E-state index in [-0.39, 0.29) is 31.5 Å². The Bertz CT molecular complexity index is 880. The van der Waals surface area contributed by atoms with Gasteiger partial charge in [0.2, 0.25) is 0 Å². The highest BCUT2D eigenvalue weighted by atomic mass is 16.6. The van der Waals surface area contributed by atoms with Gasteiger partial charge >= 0.3 is 11.9 Å². The van der Waals surface area contributed by atoms with Crippen molar-refractivity contribution in [2.45, 2.75) is 57.8 Å². The van der Waals surface area contributed by atoms with Crippen molar-refractivity contribution < 1.29 is 29.3 Å². The maximum absolute atomic E-state index is 13.4. The Labute approximate surface area is 214 Å². The summed E-state index contributed by atoms with van der Waals surface area (Å²) in [5, 5.41) is 18.7. The predicted molar refractivity (Wildman–Crippen MR) is 138 cm³/mol. The predicted octanol–water partition coefficient (Wildman–Crippen LogP) is 4.70. The van der Waals surface area contributed by atoms with Crippen LogP contribution in [-0.4, -0.2) is 48.6 Å². The van der Waals surface area contributed by atoms with Gasteiger partial charge in [-0.1, -0.05) is 48.6 Å². The summed E-state index contributed by atoms with van der Waals surface area (Å²) in [4.78, 5) is 26.9. The van der Waals surface area contributed by atoms with Crippen molar-refractivity contribution in [3.63, 3.8) is 0 Å². The maximum atomic E-state index is 13.4. The molecule has 1 aromatic carbocycles. The number of ether oxygens (including phenoxy) is 2. The number of allylic oxidation sites excluding steroid dienone is 3. The van der Waals surface area contributed by atoms with E-state index in [9.17, 15) is 19.8 Å². The number of esters is 2. The normalized spacial score (nSPS) is 27.7. The first kappa shape index (κ1) is 26.6. The summed E-state index contributed by atoms with van der Waals surface area (Å²) in [7, 11) is 0. The van der Waals surface area contributed by atoms with Gasteiger partial charge in [-0.25, -0.2) is 0 Å². The molecule has 36 heavy (non-hydrogen) atoms. The average molecular weight is 497 g/mol. The second-order valence-electron chi connectivity index (χ2n) is 10.9. The van der Waals surface area contributed by atoms with Crippen LogP contribution in [0.2, 0.25) is 0 Å². The Morgan fingerprint density at radius 1 is 0.750 bits per heavy atom. The smallest absolute Gasteiger partial charge is 0.327 e. The molecule has 0 heterocycles. The van der Waals surface area contributed by atoms with Gasteiger partial charge in [-0.2, -0.15) is 0 Å². The number of aliphatic hydroxyl groups is 2. The van der Waals surface area contributed by atoms with Crippen molar-refractivity contribution in [3.05, 3.63) is 54.1 Å². The van der Waals surface area contributed by atoms with E-state index in [0.717, 1.165) is 62.5 Å². The molecule has 0 unspecified atom stereocenters. The van der Waals surface area contributed by atoms with Crippen LogP contribution in [0.25, 0.3) is 5.57 Å². The van der Waals surface area contributed by atoms with E-state index in [1.807, 2.05) is 42.5 Å². The third-order valence-electron chi connectivity index (χ3n) is 8.38. The molecule has 0 amide bonds. The third-order valence-corrected chi connectivity index (χ3v) is 8.38. The van der Waals surface area contributed by atoms with Gasteiger partial charge in [0.1, 0.15) is 0 Å². The van der Waals surface area contributed by atoms with Gasteiger partial charge in [0, 0.05) is 13.2 Å². The highest BCUT2D eigenvalue weighted by Crippen LogP contribution is 2.37. The molecular weight excluding hydrogens is 456 g/mol. The van der Waals surface area contributed by atoms with Crippen LogP contribution in [0.1, 0.15) is 63.4 Å². The molecular formula is C30H40O6. The number of carbonyl (C=O) groups is 2. The first-order valence-corrected chi connectivity index (χ1v) is 13.5. The first-order valence-electron chi connectivity index (χ1n) is 13.5. The maximum Gasteiger partial charge on any atom is 0.327 e. The molecule has 0 radical (unpaired) electrons. The van der Waals surface area contributed by atoms with Gasteiger partial charge in [-0.3, -0.25) is 9.59 Å². The molecule has 6 nitrogen and oxygen atoms in total. The summed E-state index contributed by atoms with van der Waals surface area (Å²) < 4.78 is 11.5. The molecule has 0 saturated heterocycles. The molecule has 3 aliphatic carbocycles. The quantitative estimate of drug-likeness (QED) is 0.380. The van der Waals surface area contributed by atoms with Crippen LogP contribution in [0.15, 0.2) is 48.6 Å². The first-order chi connectivity index (χ1) is 17.5. The van der Waals surface area contributed by atoms with Gasteiger partial charge < -0.3 is 19.7 Å². The van der Waals surface area contributed by atoms with Gasteiger partial charge in [-0.15, -0.1) is 0 Å². The summed E-state index contributed by atoms with van der Waals surface area (Å²) in [6.07, 6.45) is 13.1. The van der Waals surface area contributed by atoms with Gasteiger partial charge in [0.15, 0.2) is 5.41 Å². The second-order valence-corrected chi connectivity index (χ2v) is 10.9. The molecule has 3 aliphatic rings. The zero-order valence-corrected chi connectivity index (χ0v) is 21.1.